The molecule has 0 aromatic heterocycles. The molecule has 0 amide bonds. The predicted octanol–water partition coefficient (Wildman–Crippen LogP) is 4.82. The van der Waals surface area contributed by atoms with Crippen molar-refractivity contribution in [3.05, 3.63) is 29.0 Å². The van der Waals surface area contributed by atoms with E-state index in [1.165, 1.54) is 31.4 Å². The highest BCUT2D eigenvalue weighted by Crippen LogP contribution is 2.38. The Morgan fingerprint density at radius 3 is 2.81 bits per heavy atom. The summed E-state index contributed by atoms with van der Waals surface area (Å²) >= 11 is 5.94. The van der Waals surface area contributed by atoms with E-state index in [2.05, 4.69) is 19.2 Å². The molecule has 21 heavy (non-hydrogen) atoms. The number of halogens is 2. The third-order valence-corrected chi connectivity index (χ3v) is 4.63. The van der Waals surface area contributed by atoms with Crippen LogP contribution in [0.15, 0.2) is 18.2 Å². The van der Waals surface area contributed by atoms with Gasteiger partial charge in [-0.05, 0) is 49.3 Å². The van der Waals surface area contributed by atoms with Crippen LogP contribution in [0.4, 0.5) is 10.1 Å². The molecule has 1 aromatic carbocycles. The quantitative estimate of drug-likeness (QED) is 0.817. The highest BCUT2D eigenvalue weighted by molar-refractivity contribution is 6.30. The summed E-state index contributed by atoms with van der Waals surface area (Å²) in [5, 5.41) is 3.90. The first-order valence-corrected chi connectivity index (χ1v) is 8.24. The molecule has 0 aliphatic heterocycles. The van der Waals surface area contributed by atoms with Gasteiger partial charge in [-0.25, -0.2) is 4.39 Å². The van der Waals surface area contributed by atoms with Crippen LogP contribution in [0.25, 0.3) is 0 Å². The van der Waals surface area contributed by atoms with Crippen LogP contribution >= 0.6 is 11.6 Å². The number of benzene rings is 1. The van der Waals surface area contributed by atoms with E-state index >= 15 is 0 Å². The van der Waals surface area contributed by atoms with Gasteiger partial charge < -0.3 is 11.1 Å². The molecule has 2 unspecified atom stereocenters. The standard InChI is InChI=1S/C17H26ClFN2/c1-12(2)6-13-4-3-5-17(10-13,11-20)21-16-8-14(18)7-15(19)9-16/h7-9,12-13,21H,3-6,10-11,20H2,1-2H3. The van der Waals surface area contributed by atoms with Gasteiger partial charge in [0.25, 0.3) is 0 Å². The second-order valence-corrected chi connectivity index (χ2v) is 7.30. The van der Waals surface area contributed by atoms with Crippen molar-refractivity contribution in [3.63, 3.8) is 0 Å². The molecule has 3 N–H and O–H groups in total. The Morgan fingerprint density at radius 2 is 2.19 bits per heavy atom. The van der Waals surface area contributed by atoms with Gasteiger partial charge in [-0.1, -0.05) is 38.3 Å². The summed E-state index contributed by atoms with van der Waals surface area (Å²) in [5.74, 6) is 1.08. The average Bonchev–Trinajstić information content (AvgIpc) is 2.37. The summed E-state index contributed by atoms with van der Waals surface area (Å²) < 4.78 is 13.5. The molecule has 1 aliphatic rings. The zero-order valence-electron chi connectivity index (χ0n) is 13.0. The minimum atomic E-state index is -0.313. The molecule has 1 aromatic rings. The Labute approximate surface area is 132 Å². The minimum absolute atomic E-state index is 0.130. The van der Waals surface area contributed by atoms with Crippen LogP contribution in [-0.2, 0) is 0 Å². The van der Waals surface area contributed by atoms with Crippen LogP contribution in [0.3, 0.4) is 0 Å². The number of hydrogen-bond donors (Lipinski definition) is 2. The Morgan fingerprint density at radius 1 is 1.43 bits per heavy atom. The van der Waals surface area contributed by atoms with Crippen molar-refractivity contribution in [1.29, 1.82) is 0 Å². The SMILES string of the molecule is CC(C)CC1CCCC(CN)(Nc2cc(F)cc(Cl)c2)C1. The van der Waals surface area contributed by atoms with Gasteiger partial charge in [0.05, 0.1) is 0 Å². The highest BCUT2D eigenvalue weighted by Gasteiger charge is 2.35. The van der Waals surface area contributed by atoms with Gasteiger partial charge in [0, 0.05) is 22.8 Å². The summed E-state index contributed by atoms with van der Waals surface area (Å²) in [6.45, 7) is 5.09. The molecule has 1 saturated carbocycles. The first-order valence-electron chi connectivity index (χ1n) is 7.87. The van der Waals surface area contributed by atoms with Crippen LogP contribution in [0.5, 0.6) is 0 Å². The van der Waals surface area contributed by atoms with Gasteiger partial charge in [0.1, 0.15) is 5.82 Å². The lowest BCUT2D eigenvalue weighted by molar-refractivity contribution is 0.222. The predicted molar refractivity (Wildman–Crippen MR) is 88.2 cm³/mol. The summed E-state index contributed by atoms with van der Waals surface area (Å²) in [5.41, 5.74) is 6.67. The molecular weight excluding hydrogens is 287 g/mol. The highest BCUT2D eigenvalue weighted by atomic mass is 35.5. The maximum atomic E-state index is 13.5. The Balaban J connectivity index is 2.13. The molecule has 2 rings (SSSR count). The lowest BCUT2D eigenvalue weighted by atomic mass is 9.73. The maximum absolute atomic E-state index is 13.5. The van der Waals surface area contributed by atoms with Gasteiger partial charge in [-0.15, -0.1) is 0 Å². The van der Waals surface area contributed by atoms with Crippen molar-refractivity contribution in [1.82, 2.24) is 0 Å². The van der Waals surface area contributed by atoms with Gasteiger partial charge in [0.2, 0.25) is 0 Å². The smallest absolute Gasteiger partial charge is 0.126 e. The summed E-state index contributed by atoms with van der Waals surface area (Å²) in [6.07, 6.45) is 5.76. The van der Waals surface area contributed by atoms with Gasteiger partial charge in [-0.3, -0.25) is 0 Å². The Kier molecular flexibility index (Phi) is 5.50. The van der Waals surface area contributed by atoms with Crippen LogP contribution in [0.2, 0.25) is 5.02 Å². The van der Waals surface area contributed by atoms with Crippen LogP contribution in [-0.4, -0.2) is 12.1 Å². The molecule has 118 valence electrons. The van der Waals surface area contributed by atoms with Crippen molar-refractivity contribution < 1.29 is 4.39 Å². The molecular formula is C17H26ClFN2. The van der Waals surface area contributed by atoms with Crippen molar-refractivity contribution >= 4 is 17.3 Å². The van der Waals surface area contributed by atoms with E-state index in [1.54, 1.807) is 6.07 Å². The summed E-state index contributed by atoms with van der Waals surface area (Å²) in [6, 6.07) is 4.59. The molecule has 1 fully saturated rings. The largest absolute Gasteiger partial charge is 0.378 e. The lowest BCUT2D eigenvalue weighted by Gasteiger charge is -2.42. The van der Waals surface area contributed by atoms with Gasteiger partial charge >= 0.3 is 0 Å². The van der Waals surface area contributed by atoms with E-state index in [-0.39, 0.29) is 11.4 Å². The van der Waals surface area contributed by atoms with Gasteiger partial charge in [-0.2, -0.15) is 0 Å². The Bertz CT molecular complexity index is 458. The minimum Gasteiger partial charge on any atom is -0.378 e. The monoisotopic (exact) mass is 312 g/mol. The molecule has 0 radical (unpaired) electrons. The zero-order chi connectivity index (χ0) is 15.5. The van der Waals surface area contributed by atoms with Crippen molar-refractivity contribution in [2.75, 3.05) is 11.9 Å². The second kappa shape index (κ2) is 6.97. The van der Waals surface area contributed by atoms with Crippen LogP contribution in [0.1, 0.15) is 46.0 Å². The number of nitrogens with two attached hydrogens (primary N) is 1. The van der Waals surface area contributed by atoms with E-state index in [0.717, 1.165) is 18.5 Å². The Hall–Kier alpha value is -0.800. The third kappa shape index (κ3) is 4.58. The van der Waals surface area contributed by atoms with Crippen molar-refractivity contribution in [3.8, 4) is 0 Å². The van der Waals surface area contributed by atoms with E-state index in [4.69, 9.17) is 17.3 Å². The first-order chi connectivity index (χ1) is 9.92. The van der Waals surface area contributed by atoms with Crippen molar-refractivity contribution in [2.24, 2.45) is 17.6 Å². The van der Waals surface area contributed by atoms with E-state index in [0.29, 0.717) is 23.4 Å². The summed E-state index contributed by atoms with van der Waals surface area (Å²) in [4.78, 5) is 0. The fourth-order valence-electron chi connectivity index (χ4n) is 3.64. The van der Waals surface area contributed by atoms with Crippen LogP contribution in [0, 0.1) is 17.7 Å². The fraction of sp³-hybridized carbons (Fsp3) is 0.647. The molecule has 0 spiro atoms. The molecule has 2 nitrogen and oxygen atoms in total. The first kappa shape index (κ1) is 16.6. The molecule has 1 aliphatic carbocycles. The van der Waals surface area contributed by atoms with Crippen LogP contribution < -0.4 is 11.1 Å². The lowest BCUT2D eigenvalue weighted by Crippen LogP contribution is -2.49. The van der Waals surface area contributed by atoms with E-state index < -0.39 is 0 Å². The number of anilines is 1. The topological polar surface area (TPSA) is 38.0 Å². The maximum Gasteiger partial charge on any atom is 0.126 e. The summed E-state index contributed by atoms with van der Waals surface area (Å²) in [7, 11) is 0. The molecule has 2 atom stereocenters. The van der Waals surface area contributed by atoms with E-state index in [1.807, 2.05) is 0 Å². The third-order valence-electron chi connectivity index (χ3n) is 4.41. The zero-order valence-corrected chi connectivity index (χ0v) is 13.7. The number of hydrogen-bond acceptors (Lipinski definition) is 2. The molecule has 4 heteroatoms. The molecule has 0 bridgehead atoms. The fourth-order valence-corrected chi connectivity index (χ4v) is 3.86. The second-order valence-electron chi connectivity index (χ2n) is 6.86. The molecule has 0 heterocycles. The average molecular weight is 313 g/mol. The van der Waals surface area contributed by atoms with Crippen molar-refractivity contribution in [2.45, 2.75) is 51.5 Å². The van der Waals surface area contributed by atoms with Gasteiger partial charge in [0.15, 0.2) is 0 Å². The number of nitrogens with one attached hydrogen (secondary N) is 1. The van der Waals surface area contributed by atoms with E-state index in [9.17, 15) is 4.39 Å². The molecule has 0 saturated heterocycles. The normalized spacial score (nSPS) is 26.1. The number of rotatable bonds is 5.